The highest BCUT2D eigenvalue weighted by molar-refractivity contribution is 5.78. The zero-order valence-corrected chi connectivity index (χ0v) is 21.5. The first-order valence-electron chi connectivity index (χ1n) is 12.9. The molecule has 3 N–H and O–H groups in total. The van der Waals surface area contributed by atoms with E-state index in [1.165, 1.54) is 6.07 Å². The first kappa shape index (κ1) is 26.1. The summed E-state index contributed by atoms with van der Waals surface area (Å²) < 4.78 is 13.9. The highest BCUT2D eigenvalue weighted by Crippen LogP contribution is 2.35. The van der Waals surface area contributed by atoms with Crippen molar-refractivity contribution in [3.63, 3.8) is 0 Å². The molecular formula is C28H38FN5O2. The fraction of sp³-hybridized carbons (Fsp3) is 0.536. The third-order valence-electron chi connectivity index (χ3n) is 7.02. The maximum Gasteiger partial charge on any atom is 0.315 e. The van der Waals surface area contributed by atoms with Gasteiger partial charge in [-0.25, -0.2) is 9.18 Å². The van der Waals surface area contributed by atoms with Gasteiger partial charge in [-0.2, -0.15) is 0 Å². The number of halogens is 1. The number of hydrogen-bond acceptors (Lipinski definition) is 4. The largest absolute Gasteiger partial charge is 0.352 e. The number of hydrogen-bond donors (Lipinski definition) is 3. The molecule has 0 unspecified atom stereocenters. The lowest BCUT2D eigenvalue weighted by atomic mass is 9.76. The average Bonchev–Trinajstić information content (AvgIpc) is 2.81. The molecule has 2 atom stereocenters. The van der Waals surface area contributed by atoms with Gasteiger partial charge in [0.1, 0.15) is 5.82 Å². The van der Waals surface area contributed by atoms with Crippen molar-refractivity contribution in [1.29, 1.82) is 0 Å². The second-order valence-electron chi connectivity index (χ2n) is 11.1. The highest BCUT2D eigenvalue weighted by Gasteiger charge is 2.32. The van der Waals surface area contributed by atoms with E-state index in [2.05, 4.69) is 25.8 Å². The summed E-state index contributed by atoms with van der Waals surface area (Å²) in [5.41, 5.74) is 2.96. The molecule has 0 spiro atoms. The number of pyridine rings is 1. The maximum atomic E-state index is 13.9. The Morgan fingerprint density at radius 1 is 1.11 bits per heavy atom. The maximum absolute atomic E-state index is 13.9. The topological polar surface area (TPSA) is 86.4 Å². The van der Waals surface area contributed by atoms with Gasteiger partial charge in [-0.15, -0.1) is 0 Å². The SMILES string of the molecule is CC(C)(C)NC(=O)NC1CCN(CC(=O)N[C@H]2CCc3cc(F)ccc3[C@H]2Cc2cccnc2)CC1. The number of fused-ring (bicyclic) bond motifs is 1. The van der Waals surface area contributed by atoms with Crippen molar-refractivity contribution in [3.8, 4) is 0 Å². The number of carbonyl (C=O) groups is 2. The Morgan fingerprint density at radius 3 is 2.58 bits per heavy atom. The molecule has 1 fully saturated rings. The first-order chi connectivity index (χ1) is 17.2. The van der Waals surface area contributed by atoms with Crippen LogP contribution < -0.4 is 16.0 Å². The van der Waals surface area contributed by atoms with Crippen LogP contribution in [0.1, 0.15) is 62.6 Å². The van der Waals surface area contributed by atoms with Crippen LogP contribution >= 0.6 is 0 Å². The van der Waals surface area contributed by atoms with Crippen LogP contribution in [-0.2, 0) is 17.6 Å². The minimum absolute atomic E-state index is 0.0126. The molecule has 2 aliphatic rings. The van der Waals surface area contributed by atoms with Gasteiger partial charge in [-0.1, -0.05) is 12.1 Å². The van der Waals surface area contributed by atoms with E-state index in [4.69, 9.17) is 0 Å². The Balaban J connectivity index is 1.32. The molecule has 0 saturated carbocycles. The number of urea groups is 1. The summed E-state index contributed by atoms with van der Waals surface area (Å²) in [5.74, 6) is -0.137. The van der Waals surface area contributed by atoms with Crippen molar-refractivity contribution in [3.05, 3.63) is 65.2 Å². The molecule has 3 amide bonds. The van der Waals surface area contributed by atoms with E-state index in [9.17, 15) is 14.0 Å². The molecule has 1 aromatic carbocycles. The number of aromatic nitrogens is 1. The summed E-state index contributed by atoms with van der Waals surface area (Å²) in [4.78, 5) is 31.6. The summed E-state index contributed by atoms with van der Waals surface area (Å²) in [5, 5.41) is 9.27. The van der Waals surface area contributed by atoms with Gasteiger partial charge in [0.2, 0.25) is 5.91 Å². The minimum Gasteiger partial charge on any atom is -0.352 e. The summed E-state index contributed by atoms with van der Waals surface area (Å²) >= 11 is 0. The van der Waals surface area contributed by atoms with Crippen molar-refractivity contribution in [2.45, 2.75) is 76.4 Å². The molecular weight excluding hydrogens is 457 g/mol. The molecule has 2 heterocycles. The van der Waals surface area contributed by atoms with Crippen LogP contribution in [0.4, 0.5) is 9.18 Å². The lowest BCUT2D eigenvalue weighted by molar-refractivity contribution is -0.123. The van der Waals surface area contributed by atoms with Gasteiger partial charge in [0.15, 0.2) is 0 Å². The average molecular weight is 496 g/mol. The molecule has 4 rings (SSSR count). The summed E-state index contributed by atoms with van der Waals surface area (Å²) in [7, 11) is 0. The van der Waals surface area contributed by atoms with Gasteiger partial charge in [0.25, 0.3) is 0 Å². The molecule has 1 aliphatic carbocycles. The lowest BCUT2D eigenvalue weighted by Gasteiger charge is -2.36. The predicted molar refractivity (Wildman–Crippen MR) is 138 cm³/mol. The Morgan fingerprint density at radius 2 is 1.89 bits per heavy atom. The fourth-order valence-electron chi connectivity index (χ4n) is 5.33. The van der Waals surface area contributed by atoms with Crippen LogP contribution in [0.15, 0.2) is 42.7 Å². The summed E-state index contributed by atoms with van der Waals surface area (Å²) in [6.45, 7) is 7.74. The van der Waals surface area contributed by atoms with E-state index in [1.54, 1.807) is 12.3 Å². The van der Waals surface area contributed by atoms with Crippen LogP contribution in [0.25, 0.3) is 0 Å². The molecule has 194 valence electrons. The minimum atomic E-state index is -0.272. The monoisotopic (exact) mass is 495 g/mol. The molecule has 1 saturated heterocycles. The van der Waals surface area contributed by atoms with Crippen molar-refractivity contribution in [2.75, 3.05) is 19.6 Å². The number of nitrogens with one attached hydrogen (secondary N) is 3. The van der Waals surface area contributed by atoms with Gasteiger partial charge >= 0.3 is 6.03 Å². The molecule has 0 bridgehead atoms. The van der Waals surface area contributed by atoms with Crippen molar-refractivity contribution < 1.29 is 14.0 Å². The second kappa shape index (κ2) is 11.4. The van der Waals surface area contributed by atoms with Gasteiger partial charge in [-0.05, 0) is 87.8 Å². The highest BCUT2D eigenvalue weighted by atomic mass is 19.1. The first-order valence-corrected chi connectivity index (χ1v) is 12.9. The van der Waals surface area contributed by atoms with Crippen LogP contribution in [0.5, 0.6) is 0 Å². The van der Waals surface area contributed by atoms with E-state index in [1.807, 2.05) is 45.2 Å². The Bertz CT molecular complexity index is 1050. The number of nitrogens with zero attached hydrogens (tertiary/aromatic N) is 2. The Kier molecular flexibility index (Phi) is 8.24. The number of carbonyl (C=O) groups excluding carboxylic acids is 2. The zero-order valence-electron chi connectivity index (χ0n) is 21.5. The molecule has 1 aliphatic heterocycles. The third kappa shape index (κ3) is 7.26. The van der Waals surface area contributed by atoms with Crippen molar-refractivity contribution in [2.24, 2.45) is 0 Å². The van der Waals surface area contributed by atoms with Gasteiger partial charge in [-0.3, -0.25) is 14.7 Å². The summed E-state index contributed by atoms with van der Waals surface area (Å²) in [6, 6.07) is 8.93. The lowest BCUT2D eigenvalue weighted by Crippen LogP contribution is -2.53. The van der Waals surface area contributed by atoms with E-state index in [0.29, 0.717) is 6.54 Å². The van der Waals surface area contributed by atoms with Gasteiger partial charge in [0, 0.05) is 49.0 Å². The molecule has 0 radical (unpaired) electrons. The van der Waals surface area contributed by atoms with E-state index in [0.717, 1.165) is 61.9 Å². The summed E-state index contributed by atoms with van der Waals surface area (Å²) in [6.07, 6.45) is 7.51. The van der Waals surface area contributed by atoms with Crippen LogP contribution in [-0.4, -0.2) is 59.1 Å². The number of amides is 3. The third-order valence-corrected chi connectivity index (χ3v) is 7.02. The van der Waals surface area contributed by atoms with E-state index in [-0.39, 0.29) is 41.3 Å². The van der Waals surface area contributed by atoms with Gasteiger partial charge in [0.05, 0.1) is 6.54 Å². The fourth-order valence-corrected chi connectivity index (χ4v) is 5.33. The van der Waals surface area contributed by atoms with E-state index < -0.39 is 0 Å². The standard InChI is InChI=1S/C28H38FN5O2/c1-28(2,3)33-27(36)31-22-10-13-34(14-11-22)18-26(35)32-25-9-6-20-16-21(29)7-8-23(20)24(25)15-19-5-4-12-30-17-19/h4-5,7-8,12,16-17,22,24-25H,6,9-11,13-15,18H2,1-3H3,(H,32,35)(H2,31,33,36)/t24-,25+/m1/s1. The van der Waals surface area contributed by atoms with Crippen LogP contribution in [0.3, 0.4) is 0 Å². The van der Waals surface area contributed by atoms with Gasteiger partial charge < -0.3 is 16.0 Å². The van der Waals surface area contributed by atoms with Crippen LogP contribution in [0, 0.1) is 5.82 Å². The molecule has 1 aromatic heterocycles. The second-order valence-corrected chi connectivity index (χ2v) is 11.1. The quantitative estimate of drug-likeness (QED) is 0.572. The van der Waals surface area contributed by atoms with Crippen LogP contribution in [0.2, 0.25) is 0 Å². The Hall–Kier alpha value is -3.00. The zero-order chi connectivity index (χ0) is 25.7. The number of rotatable bonds is 6. The number of piperidine rings is 1. The van der Waals surface area contributed by atoms with Crippen molar-refractivity contribution in [1.82, 2.24) is 25.8 Å². The molecule has 7 nitrogen and oxygen atoms in total. The number of aryl methyl sites for hydroxylation is 1. The smallest absolute Gasteiger partial charge is 0.315 e. The normalized spacial score (nSPS) is 20.9. The van der Waals surface area contributed by atoms with E-state index >= 15 is 0 Å². The number of benzene rings is 1. The predicted octanol–water partition coefficient (Wildman–Crippen LogP) is 3.54. The molecule has 8 heteroatoms. The Labute approximate surface area is 213 Å². The number of likely N-dealkylation sites (tertiary alicyclic amines) is 1. The molecule has 36 heavy (non-hydrogen) atoms. The van der Waals surface area contributed by atoms with Crippen molar-refractivity contribution >= 4 is 11.9 Å². The molecule has 2 aromatic rings.